The third-order valence-electron chi connectivity index (χ3n) is 0.368. The molecule has 16 heavy (non-hydrogen) atoms. The number of aliphatic carboxylic acids is 2. The van der Waals surface area contributed by atoms with Crippen molar-refractivity contribution in [3.8, 4) is 0 Å². The van der Waals surface area contributed by atoms with Crippen LogP contribution < -0.4 is 0 Å². The smallest absolute Gasteiger partial charge is 0.478 e. The van der Waals surface area contributed by atoms with Crippen LogP contribution in [0.5, 0.6) is 0 Å². The van der Waals surface area contributed by atoms with Gasteiger partial charge in [-0.05, 0) is 0 Å². The number of hydrogen-bond acceptors (Lipinski definition) is 2. The van der Waals surface area contributed by atoms with Crippen molar-refractivity contribution in [1.29, 1.82) is 0 Å². The first kappa shape index (κ1) is 66.2. The van der Waals surface area contributed by atoms with Crippen molar-refractivity contribution in [2.75, 3.05) is 0 Å². The molecular weight excluding hydrogens is 464 g/mol. The molecule has 0 rings (SSSR count). The normalized spacial score (nSPS) is 4.75. The van der Waals surface area contributed by atoms with Gasteiger partial charge in [0.1, 0.15) is 0 Å². The summed E-state index contributed by atoms with van der Waals surface area (Å²) in [5.74, 6) is -2.51. The minimum Gasteiger partial charge on any atom is -0.478 e. The molecule has 0 saturated carbocycles. The van der Waals surface area contributed by atoms with Crippen molar-refractivity contribution in [3.63, 3.8) is 0 Å². The van der Waals surface area contributed by atoms with Gasteiger partial charge in [0.25, 0.3) is 0 Å². The van der Waals surface area contributed by atoms with Crippen molar-refractivity contribution in [2.45, 2.75) is 0 Å². The van der Waals surface area contributed by atoms with Crippen LogP contribution in [0.4, 0.5) is 0 Å². The topological polar surface area (TPSA) is 74.6 Å². The molecule has 0 aliphatic rings. The Hall–Kier alpha value is 1.43. The zero-order valence-electron chi connectivity index (χ0n) is 10.9. The molecule has 2 N–H and O–H groups in total. The van der Waals surface area contributed by atoms with Crippen LogP contribution in [0.2, 0.25) is 0 Å². The van der Waals surface area contributed by atoms with Crippen molar-refractivity contribution in [3.05, 3.63) is 56.7 Å². The largest absolute Gasteiger partial charge is 3.00 e. The van der Waals surface area contributed by atoms with E-state index in [0.29, 0.717) is 12.2 Å². The van der Waals surface area contributed by atoms with E-state index in [9.17, 15) is 9.59 Å². The zero-order valence-corrected chi connectivity index (χ0v) is 17.1. The summed E-state index contributed by atoms with van der Waals surface area (Å²) in [6.07, 6.45) is 1.12. The summed E-state index contributed by atoms with van der Waals surface area (Å²) in [5.41, 5.74) is 0. The van der Waals surface area contributed by atoms with E-state index in [1.165, 1.54) is 0 Å². The van der Waals surface area contributed by atoms with Crippen LogP contribution in [0.3, 0.4) is 0 Å². The van der Waals surface area contributed by atoms with E-state index in [4.69, 9.17) is 10.2 Å². The average Bonchev–Trinajstić information content (AvgIpc) is 1.61. The fourth-order valence-electron chi connectivity index (χ4n) is 0.143. The van der Waals surface area contributed by atoms with Gasteiger partial charge in [-0.1, -0.05) is 0 Å². The van der Waals surface area contributed by atoms with E-state index >= 15 is 0 Å². The first-order valence-corrected chi connectivity index (χ1v) is 1.77. The van der Waals surface area contributed by atoms with Crippen LogP contribution >= 0.6 is 0 Å². The minimum absolute atomic E-state index is 0. The maximum absolute atomic E-state index is 9.55. The predicted octanol–water partition coefficient (Wildman–Crippen LogP) is 2.41. The third kappa shape index (κ3) is 77.7. The first-order chi connectivity index (χ1) is 3.63. The molecule has 0 bridgehead atoms. The van der Waals surface area contributed by atoms with E-state index < -0.39 is 11.9 Å². The Morgan fingerprint density at radius 1 is 0.625 bits per heavy atom. The molecule has 0 saturated heterocycles. The predicted molar refractivity (Wildman–Crippen MR) is 62.9 cm³/mol. The second-order valence-corrected chi connectivity index (χ2v) is 1.01. The molecule has 0 amide bonds. The summed E-state index contributed by atoms with van der Waals surface area (Å²) >= 11 is 0. The molecule has 0 aliphatic heterocycles. The molecule has 0 aliphatic carbocycles. The van der Waals surface area contributed by atoms with Gasteiger partial charge >= 0.3 is 95.4 Å². The summed E-state index contributed by atoms with van der Waals surface area (Å²) in [6.45, 7) is 0. The van der Waals surface area contributed by atoms with Gasteiger partial charge in [0.15, 0.2) is 0 Å². The zero-order chi connectivity index (χ0) is 6.57. The number of rotatable bonds is 2. The van der Waals surface area contributed by atoms with Crippen LogP contribution in [0.15, 0.2) is 12.2 Å². The molecule has 0 fully saturated rings. The number of carboxylic acids is 2. The standard InChI is InChI=1S/C4H4O4.6CH3.2Ce/c5-3(6)1-2-4(7)8;;;;;;;;/h1-2H,(H,5,6)(H,7,8);6*1H3;;/q;6*-1;2*+3/b2-1+;;;;;;;;. The Morgan fingerprint density at radius 3 is 0.812 bits per heavy atom. The van der Waals surface area contributed by atoms with E-state index in [1.54, 1.807) is 0 Å². The summed E-state index contributed by atoms with van der Waals surface area (Å²) < 4.78 is 0. The maximum atomic E-state index is 9.55. The summed E-state index contributed by atoms with van der Waals surface area (Å²) in [6, 6.07) is 0. The Balaban J connectivity index is -0.00000000875. The third-order valence-corrected chi connectivity index (χ3v) is 0.368. The Labute approximate surface area is 169 Å². The second kappa shape index (κ2) is 44.0. The van der Waals surface area contributed by atoms with E-state index in [2.05, 4.69) is 0 Å². The van der Waals surface area contributed by atoms with Crippen molar-refractivity contribution < 1.29 is 103 Å². The Bertz CT molecular complexity index is 132. The van der Waals surface area contributed by atoms with Gasteiger partial charge < -0.3 is 54.8 Å². The number of carbonyl (C=O) groups is 2. The summed E-state index contributed by atoms with van der Waals surface area (Å²) in [7, 11) is 0. The van der Waals surface area contributed by atoms with Crippen LogP contribution in [0, 0.1) is 128 Å². The van der Waals surface area contributed by atoms with Gasteiger partial charge in [-0.25, -0.2) is 9.59 Å². The van der Waals surface area contributed by atoms with Crippen LogP contribution in [0.1, 0.15) is 0 Å². The van der Waals surface area contributed by atoms with E-state index in [1.807, 2.05) is 0 Å². The number of carboxylic acid groups (broad SMARTS) is 2. The second-order valence-electron chi connectivity index (χ2n) is 1.01. The molecular formula is C10H22Ce2O4. The monoisotopic (exact) mass is 486 g/mol. The van der Waals surface area contributed by atoms with Crippen LogP contribution in [-0.4, -0.2) is 22.2 Å². The molecule has 0 heterocycles. The number of hydrogen-bond donors (Lipinski definition) is 2. The molecule has 0 unspecified atom stereocenters. The van der Waals surface area contributed by atoms with E-state index in [0.717, 1.165) is 0 Å². The summed E-state index contributed by atoms with van der Waals surface area (Å²) in [5, 5.41) is 15.6. The Kier molecular flexibility index (Phi) is 182. The molecule has 94 valence electrons. The molecule has 0 spiro atoms. The molecule has 0 aromatic heterocycles. The molecule has 2 radical (unpaired) electrons. The molecule has 6 heteroatoms. The Morgan fingerprint density at radius 2 is 0.750 bits per heavy atom. The van der Waals surface area contributed by atoms with Crippen LogP contribution in [0.25, 0.3) is 0 Å². The molecule has 0 aromatic carbocycles. The van der Waals surface area contributed by atoms with Gasteiger partial charge in [-0.2, -0.15) is 0 Å². The maximum Gasteiger partial charge on any atom is 3.00 e. The first-order valence-electron chi connectivity index (χ1n) is 1.77. The average molecular weight is 487 g/mol. The molecule has 0 atom stereocenters. The molecule has 0 aromatic rings. The van der Waals surface area contributed by atoms with Gasteiger partial charge in [-0.15, -0.1) is 0 Å². The van der Waals surface area contributed by atoms with Gasteiger partial charge in [0.2, 0.25) is 0 Å². The SMILES string of the molecule is O=C(O)/C=C/C(=O)O.[CH3-].[CH3-].[CH3-].[CH3-].[CH3-].[CH3-].[Ce+3].[Ce+3]. The van der Waals surface area contributed by atoms with Crippen molar-refractivity contribution in [1.82, 2.24) is 0 Å². The van der Waals surface area contributed by atoms with Gasteiger partial charge in [0, 0.05) is 12.2 Å². The summed E-state index contributed by atoms with van der Waals surface area (Å²) in [4.78, 5) is 19.1. The van der Waals surface area contributed by atoms with Gasteiger partial charge in [-0.3, -0.25) is 0 Å². The van der Waals surface area contributed by atoms with Crippen molar-refractivity contribution >= 4 is 11.9 Å². The fourth-order valence-corrected chi connectivity index (χ4v) is 0.143. The van der Waals surface area contributed by atoms with Crippen LogP contribution in [-0.2, 0) is 9.59 Å². The quantitative estimate of drug-likeness (QED) is 0.465. The minimum atomic E-state index is -1.26. The van der Waals surface area contributed by atoms with Gasteiger partial charge in [0.05, 0.1) is 0 Å². The van der Waals surface area contributed by atoms with E-state index in [-0.39, 0.29) is 128 Å². The fraction of sp³-hybridized carbons (Fsp3) is 0. The van der Waals surface area contributed by atoms with Crippen molar-refractivity contribution in [2.24, 2.45) is 0 Å². The molecule has 4 nitrogen and oxygen atoms in total.